The Labute approximate surface area is 122 Å². The van der Waals surface area contributed by atoms with Gasteiger partial charge in [-0.25, -0.2) is 9.37 Å². The van der Waals surface area contributed by atoms with Crippen molar-refractivity contribution in [3.8, 4) is 5.75 Å². The van der Waals surface area contributed by atoms with E-state index in [0.29, 0.717) is 18.2 Å². The van der Waals surface area contributed by atoms with E-state index >= 15 is 0 Å². The number of anilines is 1. The average molecular weight is 285 g/mol. The molecule has 2 aromatic carbocycles. The van der Waals surface area contributed by atoms with Crippen LogP contribution in [0.3, 0.4) is 0 Å². The first-order valence-electron chi connectivity index (χ1n) is 6.72. The van der Waals surface area contributed by atoms with Crippen LogP contribution in [-0.2, 0) is 13.0 Å². The summed E-state index contributed by atoms with van der Waals surface area (Å²) in [5.41, 5.74) is 8.76. The number of ether oxygens (including phenoxy) is 1. The highest BCUT2D eigenvalue weighted by molar-refractivity contribution is 5.84. The molecule has 2 N–H and O–H groups in total. The molecule has 0 saturated heterocycles. The summed E-state index contributed by atoms with van der Waals surface area (Å²) in [6.07, 6.45) is 0.757. The molecule has 0 saturated carbocycles. The van der Waals surface area contributed by atoms with Crippen molar-refractivity contribution < 1.29 is 9.13 Å². The second kappa shape index (κ2) is 5.44. The number of methoxy groups -OCH3 is 1. The predicted molar refractivity (Wildman–Crippen MR) is 80.8 cm³/mol. The zero-order valence-electron chi connectivity index (χ0n) is 11.7. The van der Waals surface area contributed by atoms with Crippen molar-refractivity contribution in [3.63, 3.8) is 0 Å². The number of aryl methyl sites for hydroxylation is 2. The Bertz CT molecular complexity index is 765. The van der Waals surface area contributed by atoms with Crippen molar-refractivity contribution in [2.24, 2.45) is 0 Å². The summed E-state index contributed by atoms with van der Waals surface area (Å²) in [5.74, 6) is 0.937. The Balaban J connectivity index is 1.90. The van der Waals surface area contributed by atoms with Crippen molar-refractivity contribution in [2.45, 2.75) is 13.0 Å². The van der Waals surface area contributed by atoms with Gasteiger partial charge >= 0.3 is 0 Å². The normalized spacial score (nSPS) is 11.0. The van der Waals surface area contributed by atoms with Crippen LogP contribution in [0.4, 0.5) is 10.3 Å². The van der Waals surface area contributed by atoms with E-state index in [2.05, 4.69) is 4.98 Å². The van der Waals surface area contributed by atoms with Gasteiger partial charge in [-0.2, -0.15) is 0 Å². The first-order valence-corrected chi connectivity index (χ1v) is 6.72. The van der Waals surface area contributed by atoms with E-state index in [1.807, 2.05) is 22.8 Å². The highest BCUT2D eigenvalue weighted by Gasteiger charge is 2.11. The molecule has 0 unspecified atom stereocenters. The molecule has 1 aromatic heterocycles. The first-order chi connectivity index (χ1) is 10.2. The fraction of sp³-hybridized carbons (Fsp3) is 0.188. The molecular weight excluding hydrogens is 269 g/mol. The molecule has 21 heavy (non-hydrogen) atoms. The molecule has 0 amide bonds. The highest BCUT2D eigenvalue weighted by atomic mass is 19.1. The molecule has 3 aromatic rings. The lowest BCUT2D eigenvalue weighted by Gasteiger charge is -2.07. The van der Waals surface area contributed by atoms with Crippen LogP contribution in [0.1, 0.15) is 5.56 Å². The van der Waals surface area contributed by atoms with Gasteiger partial charge in [0.15, 0.2) is 0 Å². The summed E-state index contributed by atoms with van der Waals surface area (Å²) < 4.78 is 20.2. The molecular formula is C16H16FN3O. The number of aromatic nitrogens is 2. The van der Waals surface area contributed by atoms with Gasteiger partial charge in [0.25, 0.3) is 0 Å². The number of hydrogen-bond acceptors (Lipinski definition) is 3. The third-order valence-corrected chi connectivity index (χ3v) is 3.53. The monoisotopic (exact) mass is 285 g/mol. The Morgan fingerprint density at radius 2 is 1.95 bits per heavy atom. The molecule has 5 heteroatoms. The van der Waals surface area contributed by atoms with E-state index in [1.54, 1.807) is 19.2 Å². The molecule has 3 rings (SSSR count). The Kier molecular flexibility index (Phi) is 3.48. The van der Waals surface area contributed by atoms with Gasteiger partial charge in [0.2, 0.25) is 5.95 Å². The quantitative estimate of drug-likeness (QED) is 0.801. The molecule has 0 spiro atoms. The highest BCUT2D eigenvalue weighted by Crippen LogP contribution is 2.26. The molecule has 0 atom stereocenters. The Hall–Kier alpha value is -2.56. The van der Waals surface area contributed by atoms with Crippen LogP contribution in [0, 0.1) is 5.82 Å². The molecule has 0 aliphatic rings. The molecule has 0 aliphatic carbocycles. The molecule has 0 bridgehead atoms. The number of para-hydroxylation sites is 1. The molecule has 0 fully saturated rings. The van der Waals surface area contributed by atoms with Crippen molar-refractivity contribution in [1.82, 2.24) is 9.55 Å². The summed E-state index contributed by atoms with van der Waals surface area (Å²) in [7, 11) is 1.61. The van der Waals surface area contributed by atoms with Crippen LogP contribution in [0.25, 0.3) is 11.0 Å². The number of fused-ring (bicyclic) bond motifs is 1. The maximum Gasteiger partial charge on any atom is 0.201 e. The standard InChI is InChI=1S/C16H16FN3O/c1-21-14-4-2-3-13-15(14)19-16(18)20(13)10-9-11-5-7-12(17)8-6-11/h2-8H,9-10H2,1H3,(H2,18,19). The van der Waals surface area contributed by atoms with Crippen LogP contribution in [-0.4, -0.2) is 16.7 Å². The fourth-order valence-corrected chi connectivity index (χ4v) is 2.43. The van der Waals surface area contributed by atoms with Crippen LogP contribution in [0.5, 0.6) is 5.75 Å². The van der Waals surface area contributed by atoms with Crippen LogP contribution >= 0.6 is 0 Å². The summed E-state index contributed by atoms with van der Waals surface area (Å²) in [6.45, 7) is 0.682. The number of hydrogen-bond donors (Lipinski definition) is 1. The summed E-state index contributed by atoms with van der Waals surface area (Å²) in [4.78, 5) is 4.37. The molecule has 1 heterocycles. The second-order valence-corrected chi connectivity index (χ2v) is 4.83. The summed E-state index contributed by atoms with van der Waals surface area (Å²) in [6, 6.07) is 12.2. The minimum Gasteiger partial charge on any atom is -0.494 e. The third-order valence-electron chi connectivity index (χ3n) is 3.53. The van der Waals surface area contributed by atoms with Crippen molar-refractivity contribution in [2.75, 3.05) is 12.8 Å². The molecule has 4 nitrogen and oxygen atoms in total. The minimum atomic E-state index is -0.226. The van der Waals surface area contributed by atoms with Crippen LogP contribution in [0.2, 0.25) is 0 Å². The maximum atomic E-state index is 12.9. The third kappa shape index (κ3) is 2.54. The Morgan fingerprint density at radius 1 is 1.19 bits per heavy atom. The molecule has 108 valence electrons. The first kappa shape index (κ1) is 13.4. The van der Waals surface area contributed by atoms with Gasteiger partial charge in [0.05, 0.1) is 12.6 Å². The van der Waals surface area contributed by atoms with Gasteiger partial charge < -0.3 is 15.0 Å². The van der Waals surface area contributed by atoms with Crippen LogP contribution in [0.15, 0.2) is 42.5 Å². The van der Waals surface area contributed by atoms with E-state index in [0.717, 1.165) is 23.0 Å². The second-order valence-electron chi connectivity index (χ2n) is 4.83. The SMILES string of the molecule is COc1cccc2c1nc(N)n2CCc1ccc(F)cc1. The topological polar surface area (TPSA) is 53.1 Å². The lowest BCUT2D eigenvalue weighted by Crippen LogP contribution is -2.05. The summed E-state index contributed by atoms with van der Waals surface area (Å²) >= 11 is 0. The van der Waals surface area contributed by atoms with Crippen LogP contribution < -0.4 is 10.5 Å². The minimum absolute atomic E-state index is 0.226. The zero-order valence-corrected chi connectivity index (χ0v) is 11.7. The van der Waals surface area contributed by atoms with E-state index in [9.17, 15) is 4.39 Å². The number of benzene rings is 2. The lowest BCUT2D eigenvalue weighted by atomic mass is 10.1. The van der Waals surface area contributed by atoms with Gasteiger partial charge in [-0.3, -0.25) is 0 Å². The van der Waals surface area contributed by atoms with Gasteiger partial charge in [0.1, 0.15) is 17.1 Å². The lowest BCUT2D eigenvalue weighted by molar-refractivity contribution is 0.419. The number of nitrogens with zero attached hydrogens (tertiary/aromatic N) is 2. The van der Waals surface area contributed by atoms with Gasteiger partial charge in [-0.15, -0.1) is 0 Å². The van der Waals surface area contributed by atoms with Crippen molar-refractivity contribution in [3.05, 3.63) is 53.8 Å². The number of nitrogens with two attached hydrogens (primary N) is 1. The van der Waals surface area contributed by atoms with E-state index in [4.69, 9.17) is 10.5 Å². The average Bonchev–Trinajstić information content (AvgIpc) is 2.82. The maximum absolute atomic E-state index is 12.9. The van der Waals surface area contributed by atoms with E-state index in [1.165, 1.54) is 12.1 Å². The van der Waals surface area contributed by atoms with Crippen molar-refractivity contribution in [1.29, 1.82) is 0 Å². The van der Waals surface area contributed by atoms with Gasteiger partial charge in [-0.05, 0) is 36.2 Å². The fourth-order valence-electron chi connectivity index (χ4n) is 2.43. The number of imidazole rings is 1. The molecule has 0 radical (unpaired) electrons. The number of nitrogen functional groups attached to an aromatic ring is 1. The number of rotatable bonds is 4. The smallest absolute Gasteiger partial charge is 0.201 e. The van der Waals surface area contributed by atoms with E-state index < -0.39 is 0 Å². The van der Waals surface area contributed by atoms with Crippen molar-refractivity contribution >= 4 is 17.0 Å². The number of halogens is 1. The largest absolute Gasteiger partial charge is 0.494 e. The summed E-state index contributed by atoms with van der Waals surface area (Å²) in [5, 5.41) is 0. The van der Waals surface area contributed by atoms with Gasteiger partial charge in [-0.1, -0.05) is 18.2 Å². The zero-order chi connectivity index (χ0) is 14.8. The Morgan fingerprint density at radius 3 is 2.67 bits per heavy atom. The van der Waals surface area contributed by atoms with E-state index in [-0.39, 0.29) is 5.82 Å². The predicted octanol–water partition coefficient (Wildman–Crippen LogP) is 3.01. The van der Waals surface area contributed by atoms with Gasteiger partial charge in [0, 0.05) is 6.54 Å². The molecule has 0 aliphatic heterocycles.